The van der Waals surface area contributed by atoms with Crippen molar-refractivity contribution >= 4 is 5.69 Å². The van der Waals surface area contributed by atoms with Gasteiger partial charge in [0.05, 0.1) is 5.56 Å². The SMILES string of the molecule is CN1CCC2(CC1)CCN(c1ccc(C(F)(F)F)cc1)CC2. The van der Waals surface area contributed by atoms with Crippen molar-refractivity contribution < 1.29 is 13.2 Å². The normalized spacial score (nSPS) is 23.0. The Bertz CT molecular complexity index is 492. The van der Waals surface area contributed by atoms with Crippen molar-refractivity contribution in [3.05, 3.63) is 29.8 Å². The number of piperidine rings is 2. The lowest BCUT2D eigenvalue weighted by atomic mass is 9.71. The van der Waals surface area contributed by atoms with Crippen molar-refractivity contribution in [2.75, 3.05) is 38.1 Å². The highest BCUT2D eigenvalue weighted by Gasteiger charge is 2.37. The molecule has 2 fully saturated rings. The van der Waals surface area contributed by atoms with Crippen molar-refractivity contribution in [3.8, 4) is 0 Å². The summed E-state index contributed by atoms with van der Waals surface area (Å²) in [4.78, 5) is 4.61. The first-order chi connectivity index (χ1) is 10.4. The third-order valence-corrected chi connectivity index (χ3v) is 5.43. The Kier molecular flexibility index (Phi) is 4.10. The van der Waals surface area contributed by atoms with E-state index in [-0.39, 0.29) is 0 Å². The third kappa shape index (κ3) is 3.24. The second-order valence-corrected chi connectivity index (χ2v) is 6.83. The molecule has 3 rings (SSSR count). The smallest absolute Gasteiger partial charge is 0.371 e. The number of likely N-dealkylation sites (tertiary alicyclic amines) is 1. The highest BCUT2D eigenvalue weighted by Crippen LogP contribution is 2.42. The molecule has 2 saturated heterocycles. The second kappa shape index (κ2) is 5.76. The number of rotatable bonds is 1. The van der Waals surface area contributed by atoms with Crippen LogP contribution in [0.1, 0.15) is 31.2 Å². The van der Waals surface area contributed by atoms with Crippen LogP contribution in [0.15, 0.2) is 24.3 Å². The van der Waals surface area contributed by atoms with Gasteiger partial charge in [0.25, 0.3) is 0 Å². The lowest BCUT2D eigenvalue weighted by Gasteiger charge is -2.46. The standard InChI is InChI=1S/C17H23F3N2/c1-21-10-6-16(7-11-21)8-12-22(13-9-16)15-4-2-14(3-5-15)17(18,19)20/h2-5H,6-13H2,1H3. The van der Waals surface area contributed by atoms with E-state index in [1.807, 2.05) is 0 Å². The predicted molar refractivity (Wildman–Crippen MR) is 82.1 cm³/mol. The van der Waals surface area contributed by atoms with E-state index in [9.17, 15) is 13.2 Å². The van der Waals surface area contributed by atoms with Crippen LogP contribution in [0, 0.1) is 5.41 Å². The zero-order valence-corrected chi connectivity index (χ0v) is 13.0. The molecule has 0 unspecified atom stereocenters. The molecule has 0 N–H and O–H groups in total. The molecule has 2 heterocycles. The third-order valence-electron chi connectivity index (χ3n) is 5.43. The molecule has 5 heteroatoms. The zero-order valence-electron chi connectivity index (χ0n) is 13.0. The number of nitrogens with zero attached hydrogens (tertiary/aromatic N) is 2. The molecule has 0 atom stereocenters. The predicted octanol–water partition coefficient (Wildman–Crippen LogP) is 4.02. The molecule has 0 aromatic heterocycles. The van der Waals surface area contributed by atoms with Gasteiger partial charge in [-0.1, -0.05) is 0 Å². The second-order valence-electron chi connectivity index (χ2n) is 6.83. The number of halogens is 3. The maximum Gasteiger partial charge on any atom is 0.416 e. The van der Waals surface area contributed by atoms with Crippen LogP contribution in [0.2, 0.25) is 0 Å². The first-order valence-electron chi connectivity index (χ1n) is 7.99. The zero-order chi connectivity index (χ0) is 15.8. The molecule has 0 radical (unpaired) electrons. The summed E-state index contributed by atoms with van der Waals surface area (Å²) in [5.74, 6) is 0. The van der Waals surface area contributed by atoms with Gasteiger partial charge in [-0.15, -0.1) is 0 Å². The fourth-order valence-electron chi connectivity index (χ4n) is 3.69. The van der Waals surface area contributed by atoms with Gasteiger partial charge in [0, 0.05) is 18.8 Å². The number of hydrogen-bond donors (Lipinski definition) is 0. The highest BCUT2D eigenvalue weighted by molar-refractivity contribution is 5.48. The molecule has 1 spiro atoms. The van der Waals surface area contributed by atoms with Crippen LogP contribution in [0.4, 0.5) is 18.9 Å². The van der Waals surface area contributed by atoms with Crippen LogP contribution >= 0.6 is 0 Å². The molecule has 22 heavy (non-hydrogen) atoms. The van der Waals surface area contributed by atoms with Gasteiger partial charge in [-0.2, -0.15) is 13.2 Å². The summed E-state index contributed by atoms with van der Waals surface area (Å²) in [6.45, 7) is 4.24. The molecule has 0 saturated carbocycles. The minimum Gasteiger partial charge on any atom is -0.371 e. The summed E-state index contributed by atoms with van der Waals surface area (Å²) in [5.41, 5.74) is 0.811. The molecule has 0 bridgehead atoms. The Hall–Kier alpha value is -1.23. The minimum atomic E-state index is -4.25. The van der Waals surface area contributed by atoms with Gasteiger partial charge in [-0.05, 0) is 75.5 Å². The Balaban J connectivity index is 1.62. The van der Waals surface area contributed by atoms with Crippen molar-refractivity contribution in [1.29, 1.82) is 0 Å². The first-order valence-corrected chi connectivity index (χ1v) is 7.99. The van der Waals surface area contributed by atoms with Crippen LogP contribution < -0.4 is 4.90 Å². The van der Waals surface area contributed by atoms with Crippen LogP contribution in [0.5, 0.6) is 0 Å². The molecule has 122 valence electrons. The quantitative estimate of drug-likeness (QED) is 0.773. The first kappa shape index (κ1) is 15.7. The van der Waals surface area contributed by atoms with Crippen molar-refractivity contribution in [3.63, 3.8) is 0 Å². The van der Waals surface area contributed by atoms with Gasteiger partial charge >= 0.3 is 6.18 Å². The summed E-state index contributed by atoms with van der Waals surface area (Å²) in [5, 5.41) is 0. The topological polar surface area (TPSA) is 6.48 Å². The Morgan fingerprint density at radius 2 is 1.36 bits per heavy atom. The lowest BCUT2D eigenvalue weighted by Crippen LogP contribution is -2.46. The van der Waals surface area contributed by atoms with E-state index >= 15 is 0 Å². The van der Waals surface area contributed by atoms with Gasteiger partial charge in [-0.3, -0.25) is 0 Å². The fraction of sp³-hybridized carbons (Fsp3) is 0.647. The lowest BCUT2D eigenvalue weighted by molar-refractivity contribution is -0.137. The summed E-state index contributed by atoms with van der Waals surface area (Å²) in [6.07, 6.45) is 0.567. The van der Waals surface area contributed by atoms with E-state index in [0.29, 0.717) is 5.41 Å². The van der Waals surface area contributed by atoms with Crippen molar-refractivity contribution in [1.82, 2.24) is 4.90 Å². The number of anilines is 1. The van der Waals surface area contributed by atoms with Crippen LogP contribution in [0.25, 0.3) is 0 Å². The summed E-state index contributed by atoms with van der Waals surface area (Å²) >= 11 is 0. The largest absolute Gasteiger partial charge is 0.416 e. The monoisotopic (exact) mass is 312 g/mol. The minimum absolute atomic E-state index is 0.467. The Labute approximate surface area is 129 Å². The number of benzene rings is 1. The molecular weight excluding hydrogens is 289 g/mol. The number of hydrogen-bond acceptors (Lipinski definition) is 2. The Morgan fingerprint density at radius 1 is 0.864 bits per heavy atom. The van der Waals surface area contributed by atoms with E-state index in [1.54, 1.807) is 12.1 Å². The van der Waals surface area contributed by atoms with Crippen molar-refractivity contribution in [2.45, 2.75) is 31.9 Å². The highest BCUT2D eigenvalue weighted by atomic mass is 19.4. The van der Waals surface area contributed by atoms with E-state index in [4.69, 9.17) is 0 Å². The van der Waals surface area contributed by atoms with Gasteiger partial charge in [0.1, 0.15) is 0 Å². The average Bonchev–Trinajstić information content (AvgIpc) is 2.51. The van der Waals surface area contributed by atoms with Gasteiger partial charge in [0.2, 0.25) is 0 Å². The molecule has 0 amide bonds. The number of alkyl halides is 3. The van der Waals surface area contributed by atoms with Gasteiger partial charge < -0.3 is 9.80 Å². The van der Waals surface area contributed by atoms with E-state index < -0.39 is 11.7 Å². The molecule has 0 aliphatic carbocycles. The average molecular weight is 312 g/mol. The molecule has 1 aromatic rings. The molecule has 2 nitrogen and oxygen atoms in total. The van der Waals surface area contributed by atoms with Crippen LogP contribution in [-0.2, 0) is 6.18 Å². The molecule has 2 aliphatic heterocycles. The van der Waals surface area contributed by atoms with Crippen molar-refractivity contribution in [2.24, 2.45) is 5.41 Å². The summed E-state index contributed by atoms with van der Waals surface area (Å²) < 4.78 is 37.8. The van der Waals surface area contributed by atoms with E-state index in [2.05, 4.69) is 16.8 Å². The van der Waals surface area contributed by atoms with Crippen LogP contribution in [0.3, 0.4) is 0 Å². The van der Waals surface area contributed by atoms with E-state index in [0.717, 1.165) is 31.6 Å². The molecule has 2 aliphatic rings. The van der Waals surface area contributed by atoms with E-state index in [1.165, 1.54) is 38.1 Å². The van der Waals surface area contributed by atoms with Crippen LogP contribution in [-0.4, -0.2) is 38.1 Å². The summed E-state index contributed by atoms with van der Waals surface area (Å²) in [6, 6.07) is 5.59. The molecular formula is C17H23F3N2. The fourth-order valence-corrected chi connectivity index (χ4v) is 3.69. The summed E-state index contributed by atoms with van der Waals surface area (Å²) in [7, 11) is 2.17. The van der Waals surface area contributed by atoms with Gasteiger partial charge in [-0.25, -0.2) is 0 Å². The maximum atomic E-state index is 12.6. The van der Waals surface area contributed by atoms with Gasteiger partial charge in [0.15, 0.2) is 0 Å². The maximum absolute atomic E-state index is 12.6. The Morgan fingerprint density at radius 3 is 1.86 bits per heavy atom. The molecule has 1 aromatic carbocycles.